The maximum atomic E-state index is 13.3. The van der Waals surface area contributed by atoms with Crippen LogP contribution in [-0.2, 0) is 30.0 Å². The van der Waals surface area contributed by atoms with Gasteiger partial charge in [0.25, 0.3) is 5.89 Å². The zero-order valence-electron chi connectivity index (χ0n) is 18.1. The molecular formula is C23H23N5O3S. The van der Waals surface area contributed by atoms with Crippen LogP contribution in [0.5, 0.6) is 0 Å². The van der Waals surface area contributed by atoms with Crippen molar-refractivity contribution < 1.29 is 12.8 Å². The van der Waals surface area contributed by atoms with Crippen LogP contribution < -0.4 is 0 Å². The van der Waals surface area contributed by atoms with Crippen LogP contribution in [0.4, 0.5) is 0 Å². The quantitative estimate of drug-likeness (QED) is 0.473. The van der Waals surface area contributed by atoms with Gasteiger partial charge in [0.1, 0.15) is 0 Å². The highest BCUT2D eigenvalue weighted by Gasteiger charge is 2.33. The third-order valence-electron chi connectivity index (χ3n) is 5.76. The summed E-state index contributed by atoms with van der Waals surface area (Å²) in [4.78, 5) is 0.297. The van der Waals surface area contributed by atoms with Gasteiger partial charge in [-0.1, -0.05) is 29.8 Å². The number of hydrogen-bond acceptors (Lipinski definition) is 6. The summed E-state index contributed by atoms with van der Waals surface area (Å²) in [7, 11) is -1.78. The van der Waals surface area contributed by atoms with Gasteiger partial charge in [-0.15, -0.1) is 10.2 Å². The number of aryl methyl sites for hydroxylation is 3. The van der Waals surface area contributed by atoms with E-state index in [1.165, 1.54) is 4.31 Å². The van der Waals surface area contributed by atoms with Crippen molar-refractivity contribution in [3.63, 3.8) is 0 Å². The van der Waals surface area contributed by atoms with E-state index in [1.807, 2.05) is 51.2 Å². The van der Waals surface area contributed by atoms with Crippen molar-refractivity contribution in [1.29, 1.82) is 0 Å². The third kappa shape index (κ3) is 3.53. The van der Waals surface area contributed by atoms with Crippen molar-refractivity contribution in [3.05, 3.63) is 70.9 Å². The standard InChI is InChI=1S/C23H23N5O3S/c1-15-7-9-17(10-8-15)22-24-25-23(31-22)21-19-14-28(12-11-20(19)27(3)26-21)32(29,30)18-6-4-5-16(2)13-18/h4-10,13H,11-12,14H2,1-3H3. The first-order valence-corrected chi connectivity index (χ1v) is 11.8. The number of fused-ring (bicyclic) bond motifs is 1. The van der Waals surface area contributed by atoms with Crippen LogP contribution in [0.3, 0.4) is 0 Å². The predicted octanol–water partition coefficient (Wildman–Crippen LogP) is 3.50. The molecule has 1 aliphatic rings. The van der Waals surface area contributed by atoms with Crippen LogP contribution in [0, 0.1) is 13.8 Å². The fourth-order valence-corrected chi connectivity index (χ4v) is 5.52. The number of sulfonamides is 1. The Balaban J connectivity index is 1.50. The number of aromatic nitrogens is 4. The largest absolute Gasteiger partial charge is 0.415 e. The molecule has 8 nitrogen and oxygen atoms in total. The van der Waals surface area contributed by atoms with Crippen molar-refractivity contribution in [2.75, 3.05) is 6.54 Å². The van der Waals surface area contributed by atoms with E-state index in [2.05, 4.69) is 15.3 Å². The molecule has 164 valence electrons. The lowest BCUT2D eigenvalue weighted by atomic mass is 10.1. The molecule has 0 fully saturated rings. The number of benzene rings is 2. The summed E-state index contributed by atoms with van der Waals surface area (Å²) >= 11 is 0. The highest BCUT2D eigenvalue weighted by atomic mass is 32.2. The van der Waals surface area contributed by atoms with Gasteiger partial charge in [-0.25, -0.2) is 8.42 Å². The van der Waals surface area contributed by atoms with E-state index in [0.29, 0.717) is 29.4 Å². The Morgan fingerprint density at radius 2 is 1.72 bits per heavy atom. The van der Waals surface area contributed by atoms with Crippen LogP contribution in [0.25, 0.3) is 23.0 Å². The molecule has 0 unspecified atom stereocenters. The first-order valence-electron chi connectivity index (χ1n) is 10.4. The van der Waals surface area contributed by atoms with Crippen LogP contribution in [-0.4, -0.2) is 39.2 Å². The maximum absolute atomic E-state index is 13.3. The molecule has 0 aliphatic carbocycles. The number of nitrogens with zero attached hydrogens (tertiary/aromatic N) is 5. The minimum Gasteiger partial charge on any atom is -0.415 e. The fraction of sp³-hybridized carbons (Fsp3) is 0.261. The van der Waals surface area contributed by atoms with Crippen LogP contribution >= 0.6 is 0 Å². The maximum Gasteiger partial charge on any atom is 0.268 e. The molecule has 0 N–H and O–H groups in total. The molecule has 0 atom stereocenters. The average Bonchev–Trinajstić information content (AvgIpc) is 3.39. The summed E-state index contributed by atoms with van der Waals surface area (Å²) in [5.74, 6) is 0.687. The van der Waals surface area contributed by atoms with Crippen molar-refractivity contribution in [2.24, 2.45) is 7.05 Å². The van der Waals surface area contributed by atoms with Gasteiger partial charge >= 0.3 is 0 Å². The monoisotopic (exact) mass is 449 g/mol. The molecule has 2 aromatic heterocycles. The molecule has 0 amide bonds. The Morgan fingerprint density at radius 1 is 0.969 bits per heavy atom. The first kappa shape index (κ1) is 20.6. The van der Waals surface area contributed by atoms with Crippen molar-refractivity contribution in [1.82, 2.24) is 24.3 Å². The molecule has 0 saturated carbocycles. The molecule has 0 radical (unpaired) electrons. The fourth-order valence-electron chi connectivity index (χ4n) is 4.00. The van der Waals surface area contributed by atoms with E-state index in [4.69, 9.17) is 4.42 Å². The smallest absolute Gasteiger partial charge is 0.268 e. The highest BCUT2D eigenvalue weighted by molar-refractivity contribution is 7.89. The predicted molar refractivity (Wildman–Crippen MR) is 119 cm³/mol. The lowest BCUT2D eigenvalue weighted by molar-refractivity contribution is 0.386. The van der Waals surface area contributed by atoms with E-state index in [1.54, 1.807) is 22.9 Å². The van der Waals surface area contributed by atoms with Gasteiger partial charge in [-0.05, 0) is 43.7 Å². The lowest BCUT2D eigenvalue weighted by Gasteiger charge is -2.26. The Morgan fingerprint density at radius 3 is 2.47 bits per heavy atom. The second-order valence-corrected chi connectivity index (χ2v) is 10.0. The molecule has 32 heavy (non-hydrogen) atoms. The minimum atomic E-state index is -3.63. The van der Waals surface area contributed by atoms with Gasteiger partial charge in [0, 0.05) is 43.4 Å². The SMILES string of the molecule is Cc1ccc(-c2nnc(-c3nn(C)c4c3CN(S(=O)(=O)c3cccc(C)c3)CC4)o2)cc1. The van der Waals surface area contributed by atoms with Crippen molar-refractivity contribution >= 4 is 10.0 Å². The van der Waals surface area contributed by atoms with E-state index in [-0.39, 0.29) is 12.4 Å². The second-order valence-electron chi connectivity index (χ2n) is 8.08. The first-order chi connectivity index (χ1) is 15.3. The molecular weight excluding hydrogens is 426 g/mol. The van der Waals surface area contributed by atoms with Gasteiger partial charge in [-0.3, -0.25) is 4.68 Å². The van der Waals surface area contributed by atoms with Crippen LogP contribution in [0.2, 0.25) is 0 Å². The minimum absolute atomic E-state index is 0.205. The summed E-state index contributed by atoms with van der Waals surface area (Å²) in [6, 6.07) is 14.8. The summed E-state index contributed by atoms with van der Waals surface area (Å²) in [6.45, 7) is 4.49. The molecule has 0 spiro atoms. The topological polar surface area (TPSA) is 94.1 Å². The molecule has 2 aromatic carbocycles. The highest BCUT2D eigenvalue weighted by Crippen LogP contribution is 2.33. The molecule has 1 aliphatic heterocycles. The zero-order valence-corrected chi connectivity index (χ0v) is 18.9. The summed E-state index contributed by atoms with van der Waals surface area (Å²) in [5.41, 5.74) is 5.17. The van der Waals surface area contributed by atoms with Gasteiger partial charge in [0.15, 0.2) is 5.69 Å². The van der Waals surface area contributed by atoms with Gasteiger partial charge < -0.3 is 4.42 Å². The Kier molecular flexibility index (Phi) is 4.94. The van der Waals surface area contributed by atoms with E-state index in [0.717, 1.165) is 27.9 Å². The van der Waals surface area contributed by atoms with Crippen molar-refractivity contribution in [2.45, 2.75) is 31.7 Å². The lowest BCUT2D eigenvalue weighted by Crippen LogP contribution is -2.36. The summed E-state index contributed by atoms with van der Waals surface area (Å²) < 4.78 is 35.7. The van der Waals surface area contributed by atoms with Gasteiger partial charge in [0.2, 0.25) is 15.9 Å². The third-order valence-corrected chi connectivity index (χ3v) is 7.60. The van der Waals surface area contributed by atoms with E-state index in [9.17, 15) is 8.42 Å². The summed E-state index contributed by atoms with van der Waals surface area (Å²) in [5, 5.41) is 13.0. The normalized spacial score (nSPS) is 14.5. The van der Waals surface area contributed by atoms with Crippen LogP contribution in [0.15, 0.2) is 57.8 Å². The number of hydrogen-bond donors (Lipinski definition) is 0. The average molecular weight is 450 g/mol. The molecule has 0 bridgehead atoms. The molecule has 0 saturated heterocycles. The molecule has 3 heterocycles. The molecule has 4 aromatic rings. The Labute approximate surface area is 186 Å². The summed E-state index contributed by atoms with van der Waals surface area (Å²) in [6.07, 6.45) is 0.558. The molecule has 5 rings (SSSR count). The van der Waals surface area contributed by atoms with Gasteiger partial charge in [-0.2, -0.15) is 9.40 Å². The second kappa shape index (κ2) is 7.68. The van der Waals surface area contributed by atoms with E-state index < -0.39 is 10.0 Å². The zero-order chi connectivity index (χ0) is 22.5. The Bertz CT molecular complexity index is 1400. The Hall–Kier alpha value is -3.30. The van der Waals surface area contributed by atoms with Crippen LogP contribution in [0.1, 0.15) is 22.4 Å². The van der Waals surface area contributed by atoms with E-state index >= 15 is 0 Å². The van der Waals surface area contributed by atoms with Crippen molar-refractivity contribution in [3.8, 4) is 23.0 Å². The molecule has 9 heteroatoms. The van der Waals surface area contributed by atoms with Gasteiger partial charge in [0.05, 0.1) is 4.90 Å². The number of rotatable bonds is 4.